The van der Waals surface area contributed by atoms with Crippen molar-refractivity contribution in [3.63, 3.8) is 0 Å². The molecule has 0 saturated heterocycles. The van der Waals surface area contributed by atoms with Crippen LogP contribution < -0.4 is 14.4 Å². The number of hydrogen-bond acceptors (Lipinski definition) is 8. The summed E-state index contributed by atoms with van der Waals surface area (Å²) in [7, 11) is -4.30. The van der Waals surface area contributed by atoms with Gasteiger partial charge in [0.25, 0.3) is 10.0 Å². The van der Waals surface area contributed by atoms with Gasteiger partial charge < -0.3 is 20.3 Å². The molecule has 0 amide bonds. The van der Waals surface area contributed by atoms with Gasteiger partial charge in [-0.2, -0.15) is 10.2 Å². The molecule has 34 heavy (non-hydrogen) atoms. The Labute approximate surface area is 197 Å². The highest BCUT2D eigenvalue weighted by molar-refractivity contribution is 7.92. The molecule has 0 spiro atoms. The third-order valence-electron chi connectivity index (χ3n) is 5.01. The van der Waals surface area contributed by atoms with Gasteiger partial charge in [-0.15, -0.1) is 0 Å². The average Bonchev–Trinajstić information content (AvgIpc) is 2.79. The van der Waals surface area contributed by atoms with E-state index in [0.717, 1.165) is 16.4 Å². The van der Waals surface area contributed by atoms with E-state index in [-0.39, 0.29) is 16.1 Å². The molecule has 9 nitrogen and oxygen atoms in total. The number of aliphatic hydroxyl groups excluding tert-OH is 2. The van der Waals surface area contributed by atoms with E-state index in [1.54, 1.807) is 26.0 Å². The fourth-order valence-electron chi connectivity index (χ4n) is 3.45. The van der Waals surface area contributed by atoms with Gasteiger partial charge in [0.15, 0.2) is 0 Å². The largest absolute Gasteiger partial charge is 0.494 e. The molecule has 0 aliphatic heterocycles. The molecular formula is C23H27FN4O5S. The Balaban J connectivity index is 2.25. The minimum absolute atomic E-state index is 0.130. The summed E-state index contributed by atoms with van der Waals surface area (Å²) < 4.78 is 48.0. The molecule has 0 saturated carbocycles. The van der Waals surface area contributed by atoms with Crippen LogP contribution in [0.3, 0.4) is 0 Å². The number of benzene rings is 2. The summed E-state index contributed by atoms with van der Waals surface area (Å²) in [6, 6.07) is 8.31. The number of nitrogens with one attached hydrogen (secondary N) is 1. The van der Waals surface area contributed by atoms with E-state index in [9.17, 15) is 23.0 Å². The lowest BCUT2D eigenvalue weighted by Gasteiger charge is -2.30. The smallest absolute Gasteiger partial charge is 0.264 e. The van der Waals surface area contributed by atoms with Gasteiger partial charge in [-0.3, -0.25) is 4.31 Å². The lowest BCUT2D eigenvalue weighted by molar-refractivity contribution is 0.102. The highest BCUT2D eigenvalue weighted by atomic mass is 32.2. The van der Waals surface area contributed by atoms with Crippen molar-refractivity contribution in [2.24, 2.45) is 0 Å². The first kappa shape index (κ1) is 25.3. The standard InChI is InChI=1S/C23H27FN4O5S/c1-4-33-20-10-16(3)23(27-18-7-8-25-26-12-18)21(11-20)28(13-19(30)14-29)34(31,32)22-6-5-17(24)9-15(22)2/h5-12,19,29-30H,4,13-14H2,1-3H3,(H,25,27). The first-order valence-electron chi connectivity index (χ1n) is 10.6. The zero-order valence-corrected chi connectivity index (χ0v) is 19.9. The van der Waals surface area contributed by atoms with Gasteiger partial charge in [0.2, 0.25) is 0 Å². The Hall–Kier alpha value is -3.28. The van der Waals surface area contributed by atoms with Gasteiger partial charge in [0, 0.05) is 6.07 Å². The minimum atomic E-state index is -4.30. The summed E-state index contributed by atoms with van der Waals surface area (Å²) in [5.74, 6) is -0.150. The summed E-state index contributed by atoms with van der Waals surface area (Å²) >= 11 is 0. The molecule has 0 aliphatic carbocycles. The van der Waals surface area contributed by atoms with Crippen molar-refractivity contribution in [3.05, 3.63) is 65.7 Å². The monoisotopic (exact) mass is 490 g/mol. The molecule has 1 atom stereocenters. The number of ether oxygens (including phenoxy) is 1. The van der Waals surface area contributed by atoms with Crippen molar-refractivity contribution in [2.75, 3.05) is 29.4 Å². The Morgan fingerprint density at radius 3 is 2.53 bits per heavy atom. The molecule has 0 bridgehead atoms. The van der Waals surface area contributed by atoms with Gasteiger partial charge in [-0.25, -0.2) is 12.8 Å². The number of nitrogens with zero attached hydrogens (tertiary/aromatic N) is 3. The van der Waals surface area contributed by atoms with E-state index in [1.807, 2.05) is 0 Å². The van der Waals surface area contributed by atoms with Crippen molar-refractivity contribution in [3.8, 4) is 5.75 Å². The molecule has 0 fully saturated rings. The highest BCUT2D eigenvalue weighted by Crippen LogP contribution is 2.39. The zero-order chi connectivity index (χ0) is 24.9. The molecule has 182 valence electrons. The molecule has 1 aromatic heterocycles. The van der Waals surface area contributed by atoms with Crippen LogP contribution in [-0.4, -0.2) is 54.7 Å². The highest BCUT2D eigenvalue weighted by Gasteiger charge is 2.31. The van der Waals surface area contributed by atoms with Crippen LogP contribution in [0.4, 0.5) is 21.5 Å². The zero-order valence-electron chi connectivity index (χ0n) is 19.1. The minimum Gasteiger partial charge on any atom is -0.494 e. The summed E-state index contributed by atoms with van der Waals surface area (Å²) in [5, 5.41) is 30.5. The molecular weight excluding hydrogens is 463 g/mol. The van der Waals surface area contributed by atoms with Gasteiger partial charge >= 0.3 is 0 Å². The molecule has 3 aromatic rings. The third-order valence-corrected chi connectivity index (χ3v) is 6.95. The number of rotatable bonds is 10. The quantitative estimate of drug-likeness (QED) is 0.396. The summed E-state index contributed by atoms with van der Waals surface area (Å²) in [5.41, 5.74) is 2.02. The van der Waals surface area contributed by atoms with E-state index in [2.05, 4.69) is 15.5 Å². The lowest BCUT2D eigenvalue weighted by Crippen LogP contribution is -2.39. The van der Waals surface area contributed by atoms with E-state index in [0.29, 0.717) is 29.3 Å². The van der Waals surface area contributed by atoms with Crippen molar-refractivity contribution in [1.29, 1.82) is 0 Å². The first-order chi connectivity index (χ1) is 16.2. The molecule has 1 unspecified atom stereocenters. The van der Waals surface area contributed by atoms with Crippen LogP contribution in [0.1, 0.15) is 18.1 Å². The topological polar surface area (TPSA) is 125 Å². The van der Waals surface area contributed by atoms with Crippen molar-refractivity contribution in [2.45, 2.75) is 31.8 Å². The number of aliphatic hydroxyl groups is 2. The molecule has 1 heterocycles. The van der Waals surface area contributed by atoms with E-state index in [4.69, 9.17) is 4.74 Å². The summed E-state index contributed by atoms with van der Waals surface area (Å²) in [4.78, 5) is -0.130. The maximum Gasteiger partial charge on any atom is 0.264 e. The summed E-state index contributed by atoms with van der Waals surface area (Å²) in [6.07, 6.45) is 1.59. The van der Waals surface area contributed by atoms with Crippen LogP contribution in [0.5, 0.6) is 5.75 Å². The van der Waals surface area contributed by atoms with Gasteiger partial charge in [-0.1, -0.05) is 0 Å². The second-order valence-corrected chi connectivity index (χ2v) is 9.44. The van der Waals surface area contributed by atoms with Crippen molar-refractivity contribution >= 4 is 27.1 Å². The first-order valence-corrected chi connectivity index (χ1v) is 12.0. The molecule has 2 aromatic carbocycles. The second kappa shape index (κ2) is 10.8. The van der Waals surface area contributed by atoms with Crippen LogP contribution in [0, 0.1) is 19.7 Å². The predicted molar refractivity (Wildman–Crippen MR) is 126 cm³/mol. The van der Waals surface area contributed by atoms with Crippen LogP contribution in [0.2, 0.25) is 0 Å². The van der Waals surface area contributed by atoms with E-state index >= 15 is 0 Å². The molecule has 11 heteroatoms. The summed E-state index contributed by atoms with van der Waals surface area (Å²) in [6.45, 7) is 4.31. The third kappa shape index (κ3) is 5.61. The molecule has 0 radical (unpaired) electrons. The number of aromatic nitrogens is 2. The Morgan fingerprint density at radius 2 is 1.91 bits per heavy atom. The number of anilines is 3. The fourth-order valence-corrected chi connectivity index (χ4v) is 5.17. The SMILES string of the molecule is CCOc1cc(C)c(Nc2ccnnc2)c(N(CC(O)CO)S(=O)(=O)c2ccc(F)cc2C)c1. The Kier molecular flexibility index (Phi) is 8.02. The van der Waals surface area contributed by atoms with Crippen LogP contribution in [0.15, 0.2) is 53.7 Å². The number of hydrogen-bond donors (Lipinski definition) is 3. The normalized spacial score (nSPS) is 12.3. The van der Waals surface area contributed by atoms with Gasteiger partial charge in [0.1, 0.15) is 11.6 Å². The van der Waals surface area contributed by atoms with Crippen LogP contribution >= 0.6 is 0 Å². The molecule has 3 N–H and O–H groups in total. The fraction of sp³-hybridized carbons (Fsp3) is 0.304. The van der Waals surface area contributed by atoms with Crippen molar-refractivity contribution in [1.82, 2.24) is 10.2 Å². The Bertz CT molecular complexity index is 1240. The molecule has 0 aliphatic rings. The number of sulfonamides is 1. The van der Waals surface area contributed by atoms with Gasteiger partial charge in [0.05, 0.1) is 60.2 Å². The number of aryl methyl sites for hydroxylation is 2. The van der Waals surface area contributed by atoms with E-state index in [1.165, 1.54) is 31.5 Å². The van der Waals surface area contributed by atoms with Gasteiger partial charge in [-0.05, 0) is 62.2 Å². The lowest BCUT2D eigenvalue weighted by atomic mass is 10.1. The maximum atomic E-state index is 13.8. The molecule has 3 rings (SSSR count). The maximum absolute atomic E-state index is 13.8. The second-order valence-electron chi connectivity index (χ2n) is 7.61. The average molecular weight is 491 g/mol. The van der Waals surface area contributed by atoms with Crippen molar-refractivity contribution < 1.29 is 27.8 Å². The predicted octanol–water partition coefficient (Wildman–Crippen LogP) is 2.92. The Morgan fingerprint density at radius 1 is 1.15 bits per heavy atom. The number of halogens is 1. The van der Waals surface area contributed by atoms with E-state index < -0.39 is 35.1 Å². The van der Waals surface area contributed by atoms with Crippen LogP contribution in [-0.2, 0) is 10.0 Å². The van der Waals surface area contributed by atoms with Crippen LogP contribution in [0.25, 0.3) is 0 Å².